The van der Waals surface area contributed by atoms with E-state index in [2.05, 4.69) is 5.32 Å². The van der Waals surface area contributed by atoms with Crippen LogP contribution in [0.5, 0.6) is 0 Å². The van der Waals surface area contributed by atoms with E-state index in [4.69, 9.17) is 16.3 Å². The number of hydrogen-bond donors (Lipinski definition) is 1. The Labute approximate surface area is 207 Å². The number of hydrogen-bond acceptors (Lipinski definition) is 4. The molecule has 4 rings (SSSR count). The molecule has 1 heterocycles. The number of halogens is 4. The maximum Gasteiger partial charge on any atom is 0.333 e. The van der Waals surface area contributed by atoms with Crippen molar-refractivity contribution in [1.29, 1.82) is 0 Å². The van der Waals surface area contributed by atoms with Gasteiger partial charge >= 0.3 is 11.7 Å². The molecule has 1 aromatic heterocycles. The van der Waals surface area contributed by atoms with Gasteiger partial charge < -0.3 is 10.1 Å². The first-order valence-corrected chi connectivity index (χ1v) is 11.0. The van der Waals surface area contributed by atoms with Crippen molar-refractivity contribution in [2.24, 2.45) is 7.05 Å². The normalized spacial score (nSPS) is 11.9. The second kappa shape index (κ2) is 9.90. The molecule has 36 heavy (non-hydrogen) atoms. The van der Waals surface area contributed by atoms with Crippen molar-refractivity contribution in [3.05, 3.63) is 98.7 Å². The van der Waals surface area contributed by atoms with E-state index < -0.39 is 46.6 Å². The summed E-state index contributed by atoms with van der Waals surface area (Å²) in [6, 6.07) is 10.5. The molecule has 0 saturated heterocycles. The van der Waals surface area contributed by atoms with Crippen LogP contribution in [0.2, 0.25) is 5.02 Å². The Kier molecular flexibility index (Phi) is 6.89. The summed E-state index contributed by atoms with van der Waals surface area (Å²) in [6.45, 7) is 0. The van der Waals surface area contributed by atoms with Gasteiger partial charge in [-0.15, -0.1) is 0 Å². The predicted molar refractivity (Wildman–Crippen MR) is 127 cm³/mol. The first-order valence-electron chi connectivity index (χ1n) is 10.6. The van der Waals surface area contributed by atoms with Gasteiger partial charge in [0.2, 0.25) is 0 Å². The van der Waals surface area contributed by atoms with Gasteiger partial charge in [0.05, 0.1) is 28.9 Å². The number of carbonyl (C=O) groups excluding carboxylic acids is 2. The van der Waals surface area contributed by atoms with E-state index in [9.17, 15) is 27.6 Å². The lowest BCUT2D eigenvalue weighted by molar-refractivity contribution is -0.142. The smallest absolute Gasteiger partial charge is 0.333 e. The third kappa shape index (κ3) is 4.59. The fourth-order valence-corrected chi connectivity index (χ4v) is 4.16. The third-order valence-electron chi connectivity index (χ3n) is 5.69. The predicted octanol–water partition coefficient (Wildman–Crippen LogP) is 3.91. The molecule has 11 heteroatoms. The van der Waals surface area contributed by atoms with Crippen LogP contribution in [-0.4, -0.2) is 34.2 Å². The van der Waals surface area contributed by atoms with Crippen LogP contribution in [0.25, 0.3) is 16.7 Å². The summed E-state index contributed by atoms with van der Waals surface area (Å²) in [6.07, 6.45) is -0.0330. The topological polar surface area (TPSA) is 82.3 Å². The molecule has 1 amide bonds. The highest BCUT2D eigenvalue weighted by atomic mass is 35.5. The number of aromatic nitrogens is 2. The molecule has 186 valence electrons. The average molecular weight is 518 g/mol. The molecule has 7 nitrogen and oxygen atoms in total. The number of ether oxygens (including phenoxy) is 1. The van der Waals surface area contributed by atoms with Gasteiger partial charge in [-0.25, -0.2) is 22.8 Å². The van der Waals surface area contributed by atoms with Gasteiger partial charge in [0.1, 0.15) is 23.2 Å². The van der Waals surface area contributed by atoms with E-state index >= 15 is 0 Å². The van der Waals surface area contributed by atoms with Gasteiger partial charge in [-0.1, -0.05) is 29.8 Å². The van der Waals surface area contributed by atoms with E-state index in [1.165, 1.54) is 31.3 Å². The number of benzene rings is 3. The van der Waals surface area contributed by atoms with Crippen LogP contribution in [0, 0.1) is 17.5 Å². The number of methoxy groups -OCH3 is 1. The van der Waals surface area contributed by atoms with Crippen LogP contribution in [-0.2, 0) is 23.0 Å². The number of carbonyl (C=O) groups is 2. The molecule has 0 aliphatic carbocycles. The Hall–Kier alpha value is -4.05. The first-order chi connectivity index (χ1) is 17.1. The van der Waals surface area contributed by atoms with Gasteiger partial charge in [-0.3, -0.25) is 13.9 Å². The van der Waals surface area contributed by atoms with Gasteiger partial charge in [-0.2, -0.15) is 0 Å². The van der Waals surface area contributed by atoms with E-state index in [0.29, 0.717) is 17.3 Å². The number of nitrogens with one attached hydrogen (secondary N) is 1. The summed E-state index contributed by atoms with van der Waals surface area (Å²) < 4.78 is 49.3. The molecule has 0 radical (unpaired) electrons. The largest absolute Gasteiger partial charge is 0.467 e. The van der Waals surface area contributed by atoms with Crippen LogP contribution in [0.4, 0.5) is 13.2 Å². The van der Waals surface area contributed by atoms with Crippen LogP contribution in [0.3, 0.4) is 0 Å². The molecular formula is C25H19ClF3N3O4. The minimum atomic E-state index is -1.18. The van der Waals surface area contributed by atoms with E-state index in [0.717, 1.165) is 28.4 Å². The summed E-state index contributed by atoms with van der Waals surface area (Å²) in [7, 11) is 2.55. The highest BCUT2D eigenvalue weighted by molar-refractivity contribution is 6.33. The van der Waals surface area contributed by atoms with Crippen LogP contribution in [0.15, 0.2) is 59.4 Å². The Morgan fingerprint density at radius 2 is 1.75 bits per heavy atom. The van der Waals surface area contributed by atoms with Crippen molar-refractivity contribution in [3.8, 4) is 5.69 Å². The number of amides is 1. The highest BCUT2D eigenvalue weighted by Crippen LogP contribution is 2.23. The van der Waals surface area contributed by atoms with E-state index in [1.807, 2.05) is 0 Å². The molecule has 0 unspecified atom stereocenters. The summed E-state index contributed by atoms with van der Waals surface area (Å²) in [5, 5.41) is 2.31. The second-order valence-electron chi connectivity index (χ2n) is 7.95. The molecule has 0 bridgehead atoms. The number of imidazole rings is 1. The minimum Gasteiger partial charge on any atom is -0.467 e. The lowest BCUT2D eigenvalue weighted by Gasteiger charge is -2.17. The van der Waals surface area contributed by atoms with Gasteiger partial charge in [-0.05, 0) is 29.8 Å². The third-order valence-corrected chi connectivity index (χ3v) is 6.00. The summed E-state index contributed by atoms with van der Waals surface area (Å²) >= 11 is 5.94. The Morgan fingerprint density at radius 1 is 1.06 bits per heavy atom. The number of esters is 1. The number of rotatable bonds is 6. The number of fused-ring (bicyclic) bond motifs is 1. The Bertz CT molecular complexity index is 1530. The zero-order valence-corrected chi connectivity index (χ0v) is 19.8. The molecule has 0 fully saturated rings. The summed E-state index contributed by atoms with van der Waals surface area (Å²) in [5.41, 5.74) is -0.133. The molecule has 0 saturated carbocycles. The molecule has 0 aliphatic heterocycles. The molecule has 0 spiro atoms. The Balaban J connectivity index is 1.63. The van der Waals surface area contributed by atoms with Crippen molar-refractivity contribution in [2.75, 3.05) is 7.11 Å². The maximum absolute atomic E-state index is 14.5. The van der Waals surface area contributed by atoms with E-state index in [-0.39, 0.29) is 22.5 Å². The quantitative estimate of drug-likeness (QED) is 0.393. The molecule has 1 N–H and O–H groups in total. The van der Waals surface area contributed by atoms with Gasteiger partial charge in [0.25, 0.3) is 5.91 Å². The Morgan fingerprint density at radius 3 is 2.39 bits per heavy atom. The summed E-state index contributed by atoms with van der Waals surface area (Å²) in [5.74, 6) is -4.22. The summed E-state index contributed by atoms with van der Waals surface area (Å²) in [4.78, 5) is 37.7. The zero-order chi connectivity index (χ0) is 26.1. The fourth-order valence-electron chi connectivity index (χ4n) is 3.92. The highest BCUT2D eigenvalue weighted by Gasteiger charge is 2.25. The van der Waals surface area contributed by atoms with Crippen LogP contribution < -0.4 is 11.0 Å². The maximum atomic E-state index is 14.5. The monoisotopic (exact) mass is 517 g/mol. The van der Waals surface area contributed by atoms with Crippen molar-refractivity contribution in [2.45, 2.75) is 12.5 Å². The number of nitrogens with zero attached hydrogens (tertiary/aromatic N) is 2. The van der Waals surface area contributed by atoms with Crippen LogP contribution in [0.1, 0.15) is 15.9 Å². The van der Waals surface area contributed by atoms with Crippen LogP contribution >= 0.6 is 11.6 Å². The minimum absolute atomic E-state index is 0.0330. The van der Waals surface area contributed by atoms with Gasteiger partial charge in [0.15, 0.2) is 5.82 Å². The zero-order valence-electron chi connectivity index (χ0n) is 19.0. The van der Waals surface area contributed by atoms with Crippen molar-refractivity contribution in [1.82, 2.24) is 14.5 Å². The van der Waals surface area contributed by atoms with Crippen molar-refractivity contribution < 1.29 is 27.5 Å². The first kappa shape index (κ1) is 25.1. The average Bonchev–Trinajstić information content (AvgIpc) is 3.09. The van der Waals surface area contributed by atoms with Crippen molar-refractivity contribution >= 4 is 34.5 Å². The second-order valence-corrected chi connectivity index (χ2v) is 8.36. The molecule has 3 aromatic carbocycles. The number of aryl methyl sites for hydroxylation is 1. The standard InChI is InChI=1S/C25H19ClF3N3O4/c1-31-20-12-14(27)11-18(29)22(20)32(25(31)35)15-8-6-13(7-9-15)10-19(24(34)36-2)30-23(33)21-16(26)4-3-5-17(21)28/h3-9,11-12,19H,10H2,1-2H3,(H,30,33)/t19-/m0/s1. The lowest BCUT2D eigenvalue weighted by atomic mass is 10.0. The molecule has 4 aromatic rings. The molecule has 0 aliphatic rings. The van der Waals surface area contributed by atoms with Crippen molar-refractivity contribution in [3.63, 3.8) is 0 Å². The SMILES string of the molecule is COC(=O)[C@H](Cc1ccc(-n2c(=O)n(C)c3cc(F)cc(F)c32)cc1)NC(=O)c1c(F)cccc1Cl. The van der Waals surface area contributed by atoms with E-state index in [1.54, 1.807) is 12.1 Å². The molecular weight excluding hydrogens is 499 g/mol. The fraction of sp³-hybridized carbons (Fsp3) is 0.160. The molecule has 1 atom stereocenters. The lowest BCUT2D eigenvalue weighted by Crippen LogP contribution is -2.43. The van der Waals surface area contributed by atoms with Gasteiger partial charge in [0, 0.05) is 25.6 Å².